The molecule has 3 rings (SSSR count). The Bertz CT molecular complexity index is 959. The summed E-state index contributed by atoms with van der Waals surface area (Å²) in [5.41, 5.74) is 4.81. The number of hydrogen-bond donors (Lipinski definition) is 0. The first-order valence-corrected chi connectivity index (χ1v) is 16.8. The van der Waals surface area contributed by atoms with Crippen molar-refractivity contribution in [2.24, 2.45) is 0 Å². The molecule has 3 aromatic rings. The lowest BCUT2D eigenvalue weighted by Gasteiger charge is -2.45. The third-order valence-electron chi connectivity index (χ3n) is 8.39. The van der Waals surface area contributed by atoms with Gasteiger partial charge in [-0.2, -0.15) is 0 Å². The van der Waals surface area contributed by atoms with Crippen molar-refractivity contribution < 1.29 is 9.47 Å². The molecule has 0 aliphatic heterocycles. The van der Waals surface area contributed by atoms with E-state index in [0.29, 0.717) is 5.67 Å². The Balaban J connectivity index is 1.87. The Labute approximate surface area is 226 Å². The molecule has 0 fully saturated rings. The average Bonchev–Trinajstić information content (AvgIpc) is 2.96. The van der Waals surface area contributed by atoms with Crippen LogP contribution in [0.2, 0.25) is 18.1 Å². The third-order valence-corrected chi connectivity index (χ3v) is 14.7. The smallest absolute Gasteiger partial charge is 0.118 e. The van der Waals surface area contributed by atoms with Gasteiger partial charge in [0.15, 0.2) is 0 Å². The van der Waals surface area contributed by atoms with Crippen LogP contribution in [-0.4, -0.2) is 32.9 Å². The summed E-state index contributed by atoms with van der Waals surface area (Å²) in [6, 6.07) is 32.3. The summed E-state index contributed by atoms with van der Waals surface area (Å²) in [7, 11) is 1.97. The minimum absolute atomic E-state index is 0.646. The minimum atomic E-state index is -1.51. The van der Waals surface area contributed by atoms with Crippen molar-refractivity contribution in [3.05, 3.63) is 95.6 Å². The van der Waals surface area contributed by atoms with E-state index in [4.69, 9.17) is 9.47 Å². The van der Waals surface area contributed by atoms with Gasteiger partial charge < -0.3 is 9.47 Å². The number of aryl methyl sites for hydroxylation is 1. The number of hydrogen-bond acceptors (Lipinski definition) is 3. The van der Waals surface area contributed by atoms with Crippen molar-refractivity contribution in [3.63, 3.8) is 0 Å². The van der Waals surface area contributed by atoms with Crippen molar-refractivity contribution in [1.82, 2.24) is 4.90 Å². The second kappa shape index (κ2) is 15.0. The summed E-state index contributed by atoms with van der Waals surface area (Å²) in [6.07, 6.45) is 4.97. The van der Waals surface area contributed by atoms with Gasteiger partial charge in [0.25, 0.3) is 0 Å². The highest BCUT2D eigenvalue weighted by atomic mass is 28.3. The van der Waals surface area contributed by atoms with E-state index in [9.17, 15) is 0 Å². The highest BCUT2D eigenvalue weighted by Gasteiger charge is 2.39. The molecule has 0 bridgehead atoms. The van der Waals surface area contributed by atoms with Crippen LogP contribution in [0.3, 0.4) is 0 Å². The summed E-state index contributed by atoms with van der Waals surface area (Å²) in [5, 5.41) is 0. The van der Waals surface area contributed by atoms with Gasteiger partial charge in [0.1, 0.15) is 11.5 Å². The molecule has 0 heterocycles. The van der Waals surface area contributed by atoms with Crippen molar-refractivity contribution >= 4 is 8.07 Å². The van der Waals surface area contributed by atoms with E-state index in [1.54, 1.807) is 14.2 Å². The standard InChI is InChI=1S/C33H47NO2Si/c1-6-37(7-2,8-3)33(17-13-12-16-28-14-10-9-11-15-28)34(26-29-18-22-31(35-4)23-19-29)27-30-20-24-32(36-5)25-21-30/h9-11,14-15,18-25,33H,6-8,12-13,16-17,26-27H2,1-5H3. The van der Waals surface area contributed by atoms with Gasteiger partial charge in [-0.15, -0.1) is 0 Å². The Kier molecular flexibility index (Phi) is 11.8. The molecule has 0 aromatic heterocycles. The van der Waals surface area contributed by atoms with Crippen LogP contribution in [0.25, 0.3) is 0 Å². The third kappa shape index (κ3) is 8.21. The Morgan fingerprint density at radius 1 is 0.622 bits per heavy atom. The molecule has 37 heavy (non-hydrogen) atoms. The number of rotatable bonds is 16. The van der Waals surface area contributed by atoms with E-state index >= 15 is 0 Å². The molecule has 0 amide bonds. The van der Waals surface area contributed by atoms with Gasteiger partial charge in [0.2, 0.25) is 0 Å². The predicted molar refractivity (Wildman–Crippen MR) is 160 cm³/mol. The van der Waals surface area contributed by atoms with Gasteiger partial charge in [-0.1, -0.05) is 99.9 Å². The Morgan fingerprint density at radius 3 is 1.54 bits per heavy atom. The largest absolute Gasteiger partial charge is 0.497 e. The monoisotopic (exact) mass is 517 g/mol. The van der Waals surface area contributed by atoms with Crippen molar-refractivity contribution in [3.8, 4) is 11.5 Å². The molecule has 0 aliphatic carbocycles. The SMILES string of the molecule is CC[Si](CC)(CC)C(CCCCc1ccccc1)N(Cc1ccc(OC)cc1)Cc1ccc(OC)cc1. The fraction of sp³-hybridized carbons (Fsp3) is 0.455. The zero-order valence-electron chi connectivity index (χ0n) is 23.7. The van der Waals surface area contributed by atoms with Gasteiger partial charge in [-0.05, 0) is 60.2 Å². The first kappa shape index (κ1) is 29.0. The van der Waals surface area contributed by atoms with E-state index in [1.165, 1.54) is 60.5 Å². The molecule has 0 N–H and O–H groups in total. The zero-order valence-corrected chi connectivity index (χ0v) is 24.7. The zero-order chi connectivity index (χ0) is 26.5. The normalized spacial score (nSPS) is 12.5. The highest BCUT2D eigenvalue weighted by molar-refractivity contribution is 6.81. The van der Waals surface area contributed by atoms with Gasteiger partial charge in [0.05, 0.1) is 22.3 Å². The molecule has 4 heteroatoms. The van der Waals surface area contributed by atoms with E-state index < -0.39 is 8.07 Å². The molecule has 0 radical (unpaired) electrons. The number of methoxy groups -OCH3 is 2. The molecule has 0 saturated carbocycles. The number of ether oxygens (including phenoxy) is 2. The Morgan fingerprint density at radius 2 is 1.11 bits per heavy atom. The number of nitrogens with zero attached hydrogens (tertiary/aromatic N) is 1. The van der Waals surface area contributed by atoms with Gasteiger partial charge >= 0.3 is 0 Å². The second-order valence-electron chi connectivity index (χ2n) is 10.3. The van der Waals surface area contributed by atoms with Crippen LogP contribution in [0.1, 0.15) is 56.7 Å². The summed E-state index contributed by atoms with van der Waals surface area (Å²) in [4.78, 5) is 2.81. The molecule has 1 unspecified atom stereocenters. The maximum absolute atomic E-state index is 5.43. The van der Waals surface area contributed by atoms with Gasteiger partial charge in [-0.25, -0.2) is 0 Å². The van der Waals surface area contributed by atoms with Crippen molar-refractivity contribution in [2.75, 3.05) is 14.2 Å². The second-order valence-corrected chi connectivity index (χ2v) is 15.8. The average molecular weight is 518 g/mol. The molecule has 1 atom stereocenters. The highest BCUT2D eigenvalue weighted by Crippen LogP contribution is 2.33. The molecular weight excluding hydrogens is 470 g/mol. The van der Waals surface area contributed by atoms with E-state index in [0.717, 1.165) is 24.6 Å². The topological polar surface area (TPSA) is 21.7 Å². The minimum Gasteiger partial charge on any atom is -0.497 e. The van der Waals surface area contributed by atoms with Crippen molar-refractivity contribution in [1.29, 1.82) is 0 Å². The molecule has 0 saturated heterocycles. The van der Waals surface area contributed by atoms with E-state index in [1.807, 2.05) is 0 Å². The lowest BCUT2D eigenvalue weighted by molar-refractivity contribution is 0.211. The molecule has 3 nitrogen and oxygen atoms in total. The van der Waals surface area contributed by atoms with Crippen LogP contribution in [0.15, 0.2) is 78.9 Å². The lowest BCUT2D eigenvalue weighted by atomic mass is 10.1. The molecule has 3 aromatic carbocycles. The van der Waals surface area contributed by atoms with Crippen LogP contribution in [0.4, 0.5) is 0 Å². The number of unbranched alkanes of at least 4 members (excludes halogenated alkanes) is 1. The van der Waals surface area contributed by atoms with Crippen LogP contribution in [-0.2, 0) is 19.5 Å². The van der Waals surface area contributed by atoms with Crippen LogP contribution in [0, 0.1) is 0 Å². The first-order valence-electron chi connectivity index (χ1n) is 14.1. The molecule has 200 valence electrons. The van der Waals surface area contributed by atoms with Crippen LogP contribution < -0.4 is 9.47 Å². The fourth-order valence-corrected chi connectivity index (χ4v) is 10.5. The van der Waals surface area contributed by atoms with Gasteiger partial charge in [0, 0.05) is 18.8 Å². The van der Waals surface area contributed by atoms with Crippen molar-refractivity contribution in [2.45, 2.75) is 83.3 Å². The van der Waals surface area contributed by atoms with Crippen LogP contribution in [0.5, 0.6) is 11.5 Å². The van der Waals surface area contributed by atoms with E-state index in [2.05, 4.69) is 105 Å². The summed E-state index contributed by atoms with van der Waals surface area (Å²) in [6.45, 7) is 9.29. The first-order chi connectivity index (χ1) is 18.1. The maximum atomic E-state index is 5.43. The van der Waals surface area contributed by atoms with Crippen LogP contribution >= 0.6 is 0 Å². The fourth-order valence-electron chi connectivity index (χ4n) is 5.85. The Hall–Kier alpha value is -2.56. The van der Waals surface area contributed by atoms with Gasteiger partial charge in [-0.3, -0.25) is 4.90 Å². The summed E-state index contributed by atoms with van der Waals surface area (Å²) >= 11 is 0. The molecule has 0 spiro atoms. The maximum Gasteiger partial charge on any atom is 0.118 e. The molecule has 0 aliphatic rings. The quantitative estimate of drug-likeness (QED) is 0.140. The molecular formula is C33H47NO2Si. The predicted octanol–water partition coefficient (Wildman–Crippen LogP) is 8.54. The summed E-state index contributed by atoms with van der Waals surface area (Å²) < 4.78 is 10.9. The lowest BCUT2D eigenvalue weighted by Crippen LogP contribution is -2.55. The van der Waals surface area contributed by atoms with E-state index in [-0.39, 0.29) is 0 Å². The summed E-state index contributed by atoms with van der Waals surface area (Å²) in [5.74, 6) is 1.84. The number of benzene rings is 3.